The van der Waals surface area contributed by atoms with E-state index in [-0.39, 0.29) is 22.9 Å². The van der Waals surface area contributed by atoms with Crippen LogP contribution in [-0.2, 0) is 14.8 Å². The number of nitrogens with one attached hydrogen (secondary N) is 2. The SMILES string of the molecule is O=C1Nc2ccccc2N2CC(NS(=O)(=O)c3ccc(-c4ccc(Cl)cc4)cc3)CC12. The zero-order valence-electron chi connectivity index (χ0n) is 16.5. The van der Waals surface area contributed by atoms with Crippen LogP contribution in [0.3, 0.4) is 0 Å². The van der Waals surface area contributed by atoms with Gasteiger partial charge in [-0.1, -0.05) is 48.0 Å². The first-order chi connectivity index (χ1) is 14.9. The van der Waals surface area contributed by atoms with E-state index < -0.39 is 10.0 Å². The van der Waals surface area contributed by atoms with E-state index in [0.29, 0.717) is 18.0 Å². The van der Waals surface area contributed by atoms with Gasteiger partial charge in [0.05, 0.1) is 16.3 Å². The normalized spacial score (nSPS) is 20.2. The van der Waals surface area contributed by atoms with Crippen LogP contribution in [0, 0.1) is 0 Å². The Kier molecular flexibility index (Phi) is 4.97. The Morgan fingerprint density at radius 1 is 0.935 bits per heavy atom. The summed E-state index contributed by atoms with van der Waals surface area (Å²) < 4.78 is 28.7. The number of para-hydroxylation sites is 2. The van der Waals surface area contributed by atoms with Crippen molar-refractivity contribution in [1.82, 2.24) is 4.72 Å². The minimum atomic E-state index is -3.72. The molecule has 0 spiro atoms. The van der Waals surface area contributed by atoms with E-state index in [1.54, 1.807) is 36.4 Å². The number of benzene rings is 3. The first-order valence-corrected chi connectivity index (χ1v) is 11.8. The Balaban J connectivity index is 1.33. The third kappa shape index (κ3) is 3.80. The van der Waals surface area contributed by atoms with Crippen LogP contribution in [0.15, 0.2) is 77.7 Å². The highest BCUT2D eigenvalue weighted by molar-refractivity contribution is 7.89. The molecule has 2 unspecified atom stereocenters. The van der Waals surface area contributed by atoms with Crippen molar-refractivity contribution in [3.05, 3.63) is 77.8 Å². The molecule has 8 heteroatoms. The lowest BCUT2D eigenvalue weighted by atomic mass is 10.1. The van der Waals surface area contributed by atoms with Gasteiger partial charge in [0.15, 0.2) is 0 Å². The van der Waals surface area contributed by atoms with Gasteiger partial charge in [-0.3, -0.25) is 4.79 Å². The van der Waals surface area contributed by atoms with Gasteiger partial charge >= 0.3 is 0 Å². The molecule has 158 valence electrons. The summed E-state index contributed by atoms with van der Waals surface area (Å²) in [6.45, 7) is 0.442. The van der Waals surface area contributed by atoms with E-state index in [4.69, 9.17) is 11.6 Å². The van der Waals surface area contributed by atoms with Crippen LogP contribution < -0.4 is 14.9 Å². The number of rotatable bonds is 4. The second-order valence-electron chi connectivity index (χ2n) is 7.76. The number of hydrogen-bond acceptors (Lipinski definition) is 4. The molecule has 0 aliphatic carbocycles. The lowest BCUT2D eigenvalue weighted by molar-refractivity contribution is -0.117. The van der Waals surface area contributed by atoms with E-state index in [9.17, 15) is 13.2 Å². The minimum Gasteiger partial charge on any atom is -0.356 e. The van der Waals surface area contributed by atoms with Crippen LogP contribution in [-0.4, -0.2) is 33.0 Å². The average Bonchev–Trinajstić information content (AvgIpc) is 3.18. The summed E-state index contributed by atoms with van der Waals surface area (Å²) in [6, 6.07) is 20.9. The molecule has 0 saturated carbocycles. The molecule has 1 fully saturated rings. The van der Waals surface area contributed by atoms with Gasteiger partial charge in [0.1, 0.15) is 6.04 Å². The van der Waals surface area contributed by atoms with E-state index in [1.807, 2.05) is 41.3 Å². The highest BCUT2D eigenvalue weighted by atomic mass is 35.5. The summed E-state index contributed by atoms with van der Waals surface area (Å²) in [5.41, 5.74) is 3.53. The van der Waals surface area contributed by atoms with Crippen LogP contribution in [0.1, 0.15) is 6.42 Å². The Bertz CT molecular complexity index is 1240. The Morgan fingerprint density at radius 3 is 2.29 bits per heavy atom. The molecule has 2 heterocycles. The van der Waals surface area contributed by atoms with Gasteiger partial charge in [0.25, 0.3) is 0 Å². The van der Waals surface area contributed by atoms with Crippen LogP contribution >= 0.6 is 11.6 Å². The van der Waals surface area contributed by atoms with Crippen molar-refractivity contribution in [2.24, 2.45) is 0 Å². The fourth-order valence-electron chi connectivity index (χ4n) is 4.24. The van der Waals surface area contributed by atoms with Gasteiger partial charge in [-0.05, 0) is 53.9 Å². The fourth-order valence-corrected chi connectivity index (χ4v) is 5.60. The lowest BCUT2D eigenvalue weighted by Crippen LogP contribution is -2.44. The van der Waals surface area contributed by atoms with Crippen molar-refractivity contribution in [1.29, 1.82) is 0 Å². The number of halogens is 1. The molecule has 3 aromatic carbocycles. The molecule has 2 aliphatic heterocycles. The lowest BCUT2D eigenvalue weighted by Gasteiger charge is -2.32. The molecular weight excluding hydrogens is 434 g/mol. The number of anilines is 2. The van der Waals surface area contributed by atoms with E-state index in [0.717, 1.165) is 22.5 Å². The molecule has 31 heavy (non-hydrogen) atoms. The van der Waals surface area contributed by atoms with E-state index in [2.05, 4.69) is 10.0 Å². The van der Waals surface area contributed by atoms with Crippen molar-refractivity contribution in [2.45, 2.75) is 23.4 Å². The van der Waals surface area contributed by atoms with Gasteiger partial charge < -0.3 is 10.2 Å². The Labute approximate surface area is 185 Å². The fraction of sp³-hybridized carbons (Fsp3) is 0.174. The third-order valence-corrected chi connectivity index (χ3v) is 7.53. The molecular formula is C23H20ClN3O3S. The number of carbonyl (C=O) groups is 1. The number of hydrogen-bond donors (Lipinski definition) is 2. The van der Waals surface area contributed by atoms with Crippen LogP contribution in [0.2, 0.25) is 5.02 Å². The number of nitrogens with zero attached hydrogens (tertiary/aromatic N) is 1. The quantitative estimate of drug-likeness (QED) is 0.628. The van der Waals surface area contributed by atoms with Crippen molar-refractivity contribution >= 4 is 38.9 Å². The molecule has 5 rings (SSSR count). The first kappa shape index (κ1) is 20.1. The van der Waals surface area contributed by atoms with Gasteiger partial charge in [0.2, 0.25) is 15.9 Å². The van der Waals surface area contributed by atoms with Crippen molar-refractivity contribution in [3.63, 3.8) is 0 Å². The summed E-state index contributed by atoms with van der Waals surface area (Å²) in [4.78, 5) is 14.6. The zero-order valence-corrected chi connectivity index (χ0v) is 18.0. The van der Waals surface area contributed by atoms with Crippen molar-refractivity contribution < 1.29 is 13.2 Å². The predicted molar refractivity (Wildman–Crippen MR) is 122 cm³/mol. The van der Waals surface area contributed by atoms with E-state index in [1.165, 1.54) is 0 Å². The summed E-state index contributed by atoms with van der Waals surface area (Å²) in [7, 11) is -3.72. The van der Waals surface area contributed by atoms with Gasteiger partial charge in [-0.25, -0.2) is 13.1 Å². The monoisotopic (exact) mass is 453 g/mol. The molecule has 2 atom stereocenters. The topological polar surface area (TPSA) is 78.5 Å². The van der Waals surface area contributed by atoms with Crippen LogP contribution in [0.25, 0.3) is 11.1 Å². The van der Waals surface area contributed by atoms with Gasteiger partial charge in [-0.2, -0.15) is 0 Å². The largest absolute Gasteiger partial charge is 0.356 e. The Hall–Kier alpha value is -2.87. The molecule has 0 aromatic heterocycles. The maximum atomic E-state index is 13.0. The smallest absolute Gasteiger partial charge is 0.247 e. The third-order valence-electron chi connectivity index (χ3n) is 5.74. The highest BCUT2D eigenvalue weighted by Gasteiger charge is 2.42. The number of sulfonamides is 1. The molecule has 3 aromatic rings. The standard InChI is InChI=1S/C23H20ClN3O3S/c24-17-9-5-15(6-10-17)16-7-11-19(12-8-16)31(29,30)26-18-13-22-23(28)25-20-3-1-2-4-21(20)27(22)14-18/h1-12,18,22,26H,13-14H2,(H,25,28). The zero-order chi connectivity index (χ0) is 21.6. The molecule has 1 saturated heterocycles. The second kappa shape index (κ2) is 7.67. The summed E-state index contributed by atoms with van der Waals surface area (Å²) in [5.74, 6) is -0.104. The predicted octanol–water partition coefficient (Wildman–Crippen LogP) is 3.88. The molecule has 2 N–H and O–H groups in total. The van der Waals surface area contributed by atoms with Crippen LogP contribution in [0.4, 0.5) is 11.4 Å². The number of carbonyl (C=O) groups excluding carboxylic acids is 1. The maximum absolute atomic E-state index is 13.0. The Morgan fingerprint density at radius 2 is 1.58 bits per heavy atom. The number of fused-ring (bicyclic) bond motifs is 3. The van der Waals surface area contributed by atoms with Crippen molar-refractivity contribution in [3.8, 4) is 11.1 Å². The number of amides is 1. The first-order valence-electron chi connectivity index (χ1n) is 9.95. The summed E-state index contributed by atoms with van der Waals surface area (Å²) in [5, 5.41) is 3.55. The molecule has 0 bridgehead atoms. The molecule has 0 radical (unpaired) electrons. The van der Waals surface area contributed by atoms with Crippen LogP contribution in [0.5, 0.6) is 0 Å². The molecule has 1 amide bonds. The van der Waals surface area contributed by atoms with Gasteiger partial charge in [-0.15, -0.1) is 0 Å². The van der Waals surface area contributed by atoms with Crippen molar-refractivity contribution in [2.75, 3.05) is 16.8 Å². The minimum absolute atomic E-state index is 0.104. The summed E-state index contributed by atoms with van der Waals surface area (Å²) in [6.07, 6.45) is 0.419. The molecule has 2 aliphatic rings. The van der Waals surface area contributed by atoms with Gasteiger partial charge in [0, 0.05) is 17.6 Å². The average molecular weight is 454 g/mol. The second-order valence-corrected chi connectivity index (χ2v) is 9.91. The molecule has 6 nitrogen and oxygen atoms in total. The summed E-state index contributed by atoms with van der Waals surface area (Å²) >= 11 is 5.93. The maximum Gasteiger partial charge on any atom is 0.247 e. The van der Waals surface area contributed by atoms with E-state index >= 15 is 0 Å². The highest BCUT2D eigenvalue weighted by Crippen LogP contribution is 2.36.